The molecule has 0 N–H and O–H groups in total. The molecule has 0 aliphatic heterocycles. The van der Waals surface area contributed by atoms with Crippen LogP contribution in [-0.4, -0.2) is 23.4 Å². The molecule has 0 bridgehead atoms. The van der Waals surface area contributed by atoms with E-state index in [2.05, 4.69) is 6.07 Å². The van der Waals surface area contributed by atoms with E-state index in [1.165, 1.54) is 12.1 Å². The van der Waals surface area contributed by atoms with Crippen molar-refractivity contribution in [2.45, 2.75) is 32.2 Å². The number of rotatable bonds is 4. The summed E-state index contributed by atoms with van der Waals surface area (Å²) < 4.78 is 13.2. The van der Waals surface area contributed by atoms with Crippen LogP contribution in [0.4, 0.5) is 4.39 Å². The lowest BCUT2D eigenvalue weighted by molar-refractivity contribution is 0.0746. The molecule has 0 spiro atoms. The van der Waals surface area contributed by atoms with Crippen molar-refractivity contribution in [3.8, 4) is 6.07 Å². The quantitative estimate of drug-likeness (QED) is 0.819. The molecule has 2 rings (SSSR count). The van der Waals surface area contributed by atoms with Crippen LogP contribution in [0.2, 0.25) is 0 Å². The zero-order valence-electron chi connectivity index (χ0n) is 10.3. The molecule has 18 heavy (non-hydrogen) atoms. The third-order valence-electron chi connectivity index (χ3n) is 3.12. The fourth-order valence-corrected chi connectivity index (χ4v) is 1.95. The summed E-state index contributed by atoms with van der Waals surface area (Å²) in [4.78, 5) is 14.0. The Morgan fingerprint density at radius 1 is 1.56 bits per heavy atom. The van der Waals surface area contributed by atoms with Crippen LogP contribution in [0.25, 0.3) is 0 Å². The van der Waals surface area contributed by atoms with Crippen LogP contribution < -0.4 is 0 Å². The minimum Gasteiger partial charge on any atom is -0.335 e. The molecule has 1 saturated carbocycles. The van der Waals surface area contributed by atoms with E-state index in [4.69, 9.17) is 5.26 Å². The van der Waals surface area contributed by atoms with Crippen molar-refractivity contribution >= 4 is 5.91 Å². The summed E-state index contributed by atoms with van der Waals surface area (Å²) in [5.74, 6) is -0.405. The Hall–Kier alpha value is -1.89. The summed E-state index contributed by atoms with van der Waals surface area (Å²) in [7, 11) is 0. The largest absolute Gasteiger partial charge is 0.335 e. The highest BCUT2D eigenvalue weighted by molar-refractivity contribution is 5.94. The number of benzene rings is 1. The van der Waals surface area contributed by atoms with Crippen LogP contribution in [0.5, 0.6) is 0 Å². The molecule has 0 radical (unpaired) electrons. The molecular formula is C14H15FN2O. The van der Waals surface area contributed by atoms with E-state index in [-0.39, 0.29) is 17.8 Å². The van der Waals surface area contributed by atoms with Crippen LogP contribution in [0, 0.1) is 24.1 Å². The second kappa shape index (κ2) is 5.18. The van der Waals surface area contributed by atoms with E-state index < -0.39 is 0 Å². The highest BCUT2D eigenvalue weighted by atomic mass is 19.1. The minimum absolute atomic E-state index is 0.101. The average molecular weight is 246 g/mol. The fraction of sp³-hybridized carbons (Fsp3) is 0.429. The van der Waals surface area contributed by atoms with Gasteiger partial charge in [0.1, 0.15) is 5.82 Å². The minimum atomic E-state index is -0.304. The number of aryl methyl sites for hydroxylation is 1. The molecule has 1 fully saturated rings. The van der Waals surface area contributed by atoms with E-state index in [1.807, 2.05) is 0 Å². The summed E-state index contributed by atoms with van der Waals surface area (Å²) in [6.45, 7) is 2.10. The lowest BCUT2D eigenvalue weighted by Gasteiger charge is -2.21. The van der Waals surface area contributed by atoms with Gasteiger partial charge in [-0.1, -0.05) is 0 Å². The average Bonchev–Trinajstić information content (AvgIpc) is 3.17. The van der Waals surface area contributed by atoms with Crippen LogP contribution in [0.15, 0.2) is 18.2 Å². The van der Waals surface area contributed by atoms with Gasteiger partial charge in [0.15, 0.2) is 0 Å². The molecule has 1 aromatic rings. The topological polar surface area (TPSA) is 44.1 Å². The highest BCUT2D eigenvalue weighted by Crippen LogP contribution is 2.28. The molecule has 1 aliphatic rings. The van der Waals surface area contributed by atoms with Gasteiger partial charge in [-0.05, 0) is 43.5 Å². The van der Waals surface area contributed by atoms with Crippen LogP contribution in [-0.2, 0) is 0 Å². The van der Waals surface area contributed by atoms with Gasteiger partial charge < -0.3 is 4.90 Å². The first kappa shape index (κ1) is 12.6. The van der Waals surface area contributed by atoms with E-state index in [9.17, 15) is 9.18 Å². The van der Waals surface area contributed by atoms with Gasteiger partial charge in [-0.25, -0.2) is 4.39 Å². The molecule has 0 aromatic heterocycles. The zero-order valence-corrected chi connectivity index (χ0v) is 10.3. The summed E-state index contributed by atoms with van der Waals surface area (Å²) in [6.07, 6.45) is 2.33. The van der Waals surface area contributed by atoms with Crippen molar-refractivity contribution in [1.82, 2.24) is 4.90 Å². The van der Waals surface area contributed by atoms with E-state index in [0.717, 1.165) is 12.8 Å². The number of nitrogens with zero attached hydrogens (tertiary/aromatic N) is 2. The molecule has 94 valence electrons. The number of hydrogen-bond acceptors (Lipinski definition) is 2. The van der Waals surface area contributed by atoms with E-state index in [1.54, 1.807) is 17.9 Å². The molecule has 0 unspecified atom stereocenters. The maximum absolute atomic E-state index is 13.2. The second-order valence-corrected chi connectivity index (χ2v) is 4.60. The number of carbonyl (C=O) groups is 1. The van der Waals surface area contributed by atoms with E-state index >= 15 is 0 Å². The molecule has 4 heteroatoms. The Morgan fingerprint density at radius 2 is 2.28 bits per heavy atom. The fourth-order valence-electron chi connectivity index (χ4n) is 1.95. The Bertz CT molecular complexity index is 503. The number of nitriles is 1. The van der Waals surface area contributed by atoms with Gasteiger partial charge in [0.05, 0.1) is 12.5 Å². The number of halogens is 1. The first-order valence-corrected chi connectivity index (χ1v) is 6.07. The van der Waals surface area contributed by atoms with Gasteiger partial charge >= 0.3 is 0 Å². The summed E-state index contributed by atoms with van der Waals surface area (Å²) in [6, 6.07) is 6.71. The van der Waals surface area contributed by atoms with Gasteiger partial charge in [0, 0.05) is 18.2 Å². The third kappa shape index (κ3) is 2.67. The molecule has 0 heterocycles. The van der Waals surface area contributed by atoms with Crippen LogP contribution in [0.1, 0.15) is 35.2 Å². The van der Waals surface area contributed by atoms with Crippen molar-refractivity contribution in [3.63, 3.8) is 0 Å². The predicted octanol–water partition coefficient (Wildman–Crippen LogP) is 2.65. The standard InChI is InChI=1S/C14H15FN2O/c1-10-9-11(3-6-13(10)15)14(18)17(8-2-7-16)12-4-5-12/h3,6,9,12H,2,4-5,8H2,1H3. The lowest BCUT2D eigenvalue weighted by Crippen LogP contribution is -2.34. The summed E-state index contributed by atoms with van der Waals surface area (Å²) in [5, 5.41) is 8.61. The monoisotopic (exact) mass is 246 g/mol. The van der Waals surface area contributed by atoms with Crippen LogP contribution in [0.3, 0.4) is 0 Å². The Morgan fingerprint density at radius 3 is 2.83 bits per heavy atom. The van der Waals surface area contributed by atoms with Crippen molar-refractivity contribution in [3.05, 3.63) is 35.1 Å². The molecule has 0 saturated heterocycles. The zero-order chi connectivity index (χ0) is 13.1. The molecule has 1 aromatic carbocycles. The summed E-state index contributed by atoms with van der Waals surface area (Å²) in [5.41, 5.74) is 0.968. The second-order valence-electron chi connectivity index (χ2n) is 4.60. The molecule has 1 aliphatic carbocycles. The summed E-state index contributed by atoms with van der Waals surface area (Å²) >= 11 is 0. The van der Waals surface area contributed by atoms with Crippen LogP contribution >= 0.6 is 0 Å². The smallest absolute Gasteiger partial charge is 0.254 e. The number of carbonyl (C=O) groups excluding carboxylic acids is 1. The van der Waals surface area contributed by atoms with Gasteiger partial charge in [0.25, 0.3) is 5.91 Å². The number of amides is 1. The van der Waals surface area contributed by atoms with Crippen molar-refractivity contribution in [2.75, 3.05) is 6.54 Å². The normalized spacial score (nSPS) is 14.1. The third-order valence-corrected chi connectivity index (χ3v) is 3.12. The first-order chi connectivity index (χ1) is 8.63. The molecular weight excluding hydrogens is 231 g/mol. The molecule has 0 atom stereocenters. The van der Waals surface area contributed by atoms with Crippen molar-refractivity contribution in [1.29, 1.82) is 5.26 Å². The first-order valence-electron chi connectivity index (χ1n) is 6.07. The highest BCUT2D eigenvalue weighted by Gasteiger charge is 2.32. The van der Waals surface area contributed by atoms with Gasteiger partial charge in [-0.3, -0.25) is 4.79 Å². The number of hydrogen-bond donors (Lipinski definition) is 0. The van der Waals surface area contributed by atoms with Gasteiger partial charge in [-0.2, -0.15) is 5.26 Å². The van der Waals surface area contributed by atoms with Gasteiger partial charge in [-0.15, -0.1) is 0 Å². The van der Waals surface area contributed by atoms with Crippen molar-refractivity contribution in [2.24, 2.45) is 0 Å². The van der Waals surface area contributed by atoms with Gasteiger partial charge in [0.2, 0.25) is 0 Å². The lowest BCUT2D eigenvalue weighted by atomic mass is 10.1. The Kier molecular flexibility index (Phi) is 3.61. The maximum atomic E-state index is 13.2. The van der Waals surface area contributed by atoms with Crippen molar-refractivity contribution < 1.29 is 9.18 Å². The molecule has 1 amide bonds. The SMILES string of the molecule is Cc1cc(C(=O)N(CCC#N)C2CC2)ccc1F. The predicted molar refractivity (Wildman–Crippen MR) is 65.4 cm³/mol. The Labute approximate surface area is 106 Å². The Balaban J connectivity index is 2.17. The molecule has 3 nitrogen and oxygen atoms in total. The van der Waals surface area contributed by atoms with E-state index in [0.29, 0.717) is 24.1 Å². The maximum Gasteiger partial charge on any atom is 0.254 e.